The van der Waals surface area contributed by atoms with Crippen molar-refractivity contribution < 1.29 is 27.5 Å². The fraction of sp³-hybridized carbons (Fsp3) is 0.188. The van der Waals surface area contributed by atoms with Crippen LogP contribution in [0.1, 0.15) is 17.3 Å². The molecule has 0 saturated carbocycles. The molecule has 1 aromatic carbocycles. The zero-order valence-electron chi connectivity index (χ0n) is 14.8. The lowest BCUT2D eigenvalue weighted by Gasteiger charge is -2.14. The molecule has 0 radical (unpaired) electrons. The molecule has 0 bridgehead atoms. The molecule has 0 spiro atoms. The smallest absolute Gasteiger partial charge is 0.324 e. The quantitative estimate of drug-likeness (QED) is 0.493. The Balaban J connectivity index is 1.93. The van der Waals surface area contributed by atoms with Crippen LogP contribution in [0.15, 0.2) is 34.5 Å². The number of thiophene rings is 1. The number of hydrogen-bond donors (Lipinski definition) is 3. The van der Waals surface area contributed by atoms with Crippen molar-refractivity contribution in [3.8, 4) is 0 Å². The SMILES string of the molecule is CC(NS(=O)(=O)c1ccc(Cl)c(Cl)c1)C(=O)OCC(=O)Nc1sccc1C(N)=O. The molecule has 0 fully saturated rings. The average molecular weight is 480 g/mol. The Kier molecular flexibility index (Phi) is 7.60. The van der Waals surface area contributed by atoms with Gasteiger partial charge in [0.15, 0.2) is 6.61 Å². The van der Waals surface area contributed by atoms with Crippen molar-refractivity contribution in [1.29, 1.82) is 0 Å². The van der Waals surface area contributed by atoms with Gasteiger partial charge in [0.05, 0.1) is 20.5 Å². The molecule has 1 aromatic heterocycles. The molecular formula is C16H15Cl2N3O6S2. The van der Waals surface area contributed by atoms with Crippen LogP contribution in [0.4, 0.5) is 5.00 Å². The molecule has 1 heterocycles. The van der Waals surface area contributed by atoms with Crippen molar-refractivity contribution in [2.24, 2.45) is 5.73 Å². The molecule has 29 heavy (non-hydrogen) atoms. The van der Waals surface area contributed by atoms with Gasteiger partial charge in [0.2, 0.25) is 10.0 Å². The van der Waals surface area contributed by atoms with Gasteiger partial charge in [-0.25, -0.2) is 8.42 Å². The number of anilines is 1. The zero-order chi connectivity index (χ0) is 21.8. The first-order valence-electron chi connectivity index (χ1n) is 7.82. The maximum atomic E-state index is 12.3. The first-order chi connectivity index (χ1) is 13.5. The lowest BCUT2D eigenvalue weighted by atomic mass is 10.3. The number of hydrogen-bond acceptors (Lipinski definition) is 7. The zero-order valence-corrected chi connectivity index (χ0v) is 17.9. The molecule has 1 atom stereocenters. The largest absolute Gasteiger partial charge is 0.454 e. The Morgan fingerprint density at radius 1 is 1.21 bits per heavy atom. The van der Waals surface area contributed by atoms with Gasteiger partial charge in [0, 0.05) is 0 Å². The van der Waals surface area contributed by atoms with E-state index in [2.05, 4.69) is 10.0 Å². The third kappa shape index (κ3) is 6.15. The second kappa shape index (κ2) is 9.55. The third-order valence-electron chi connectivity index (χ3n) is 3.42. The highest BCUT2D eigenvalue weighted by atomic mass is 35.5. The average Bonchev–Trinajstić information content (AvgIpc) is 3.09. The number of nitrogens with one attached hydrogen (secondary N) is 2. The van der Waals surface area contributed by atoms with E-state index in [-0.39, 0.29) is 25.5 Å². The van der Waals surface area contributed by atoms with Crippen molar-refractivity contribution in [1.82, 2.24) is 4.72 Å². The summed E-state index contributed by atoms with van der Waals surface area (Å²) in [7, 11) is -4.08. The van der Waals surface area contributed by atoms with Crippen molar-refractivity contribution >= 4 is 67.3 Å². The highest BCUT2D eigenvalue weighted by Crippen LogP contribution is 2.25. The fourth-order valence-electron chi connectivity index (χ4n) is 2.02. The second-order valence-corrected chi connectivity index (χ2v) is 9.05. The van der Waals surface area contributed by atoms with E-state index in [0.717, 1.165) is 17.4 Å². The molecule has 0 aliphatic carbocycles. The number of benzene rings is 1. The molecule has 9 nitrogen and oxygen atoms in total. The molecule has 4 N–H and O–H groups in total. The molecule has 2 aromatic rings. The number of primary amides is 1. The molecule has 0 aliphatic rings. The van der Waals surface area contributed by atoms with Crippen LogP contribution in [0.25, 0.3) is 0 Å². The normalized spacial score (nSPS) is 12.2. The number of esters is 1. The number of carbonyl (C=O) groups excluding carboxylic acids is 3. The van der Waals surface area contributed by atoms with Gasteiger partial charge >= 0.3 is 5.97 Å². The maximum Gasteiger partial charge on any atom is 0.324 e. The summed E-state index contributed by atoms with van der Waals surface area (Å²) in [6.07, 6.45) is 0. The van der Waals surface area contributed by atoms with E-state index in [0.29, 0.717) is 0 Å². The minimum Gasteiger partial charge on any atom is -0.454 e. The Hall–Kier alpha value is -2.18. The molecule has 0 aliphatic heterocycles. The van der Waals surface area contributed by atoms with E-state index in [1.165, 1.54) is 25.1 Å². The summed E-state index contributed by atoms with van der Waals surface area (Å²) >= 11 is 12.6. The molecule has 2 rings (SSSR count). The van der Waals surface area contributed by atoms with Crippen LogP contribution < -0.4 is 15.8 Å². The highest BCUT2D eigenvalue weighted by molar-refractivity contribution is 7.89. The van der Waals surface area contributed by atoms with E-state index < -0.39 is 40.5 Å². The van der Waals surface area contributed by atoms with Crippen LogP contribution in [-0.2, 0) is 24.3 Å². The Labute approximate surface area is 180 Å². The highest BCUT2D eigenvalue weighted by Gasteiger charge is 2.24. The van der Waals surface area contributed by atoms with Crippen LogP contribution in [-0.4, -0.2) is 38.9 Å². The monoisotopic (exact) mass is 479 g/mol. The third-order valence-corrected chi connectivity index (χ3v) is 6.52. The van der Waals surface area contributed by atoms with Gasteiger partial charge in [-0.3, -0.25) is 14.4 Å². The minimum absolute atomic E-state index is 0.0327. The van der Waals surface area contributed by atoms with Crippen LogP contribution in [0, 0.1) is 0 Å². The van der Waals surface area contributed by atoms with Gasteiger partial charge in [-0.05, 0) is 36.6 Å². The molecule has 13 heteroatoms. The Morgan fingerprint density at radius 2 is 1.90 bits per heavy atom. The molecule has 0 saturated heterocycles. The number of carbonyl (C=O) groups is 3. The molecular weight excluding hydrogens is 465 g/mol. The van der Waals surface area contributed by atoms with E-state index in [9.17, 15) is 22.8 Å². The number of rotatable bonds is 8. The summed E-state index contributed by atoms with van der Waals surface area (Å²) in [5.41, 5.74) is 5.29. The topological polar surface area (TPSA) is 145 Å². The molecule has 1 unspecified atom stereocenters. The first-order valence-corrected chi connectivity index (χ1v) is 10.9. The summed E-state index contributed by atoms with van der Waals surface area (Å²) in [5, 5.41) is 4.37. The number of sulfonamides is 1. The van der Waals surface area contributed by atoms with Gasteiger partial charge in [0.25, 0.3) is 11.8 Å². The summed E-state index contributed by atoms with van der Waals surface area (Å²) < 4.78 is 31.6. The number of amides is 2. The summed E-state index contributed by atoms with van der Waals surface area (Å²) in [4.78, 5) is 34.9. The fourth-order valence-corrected chi connectivity index (χ4v) is 4.41. The first kappa shape index (κ1) is 23.1. The minimum atomic E-state index is -4.08. The van der Waals surface area contributed by atoms with Gasteiger partial charge in [-0.1, -0.05) is 23.2 Å². The number of ether oxygens (including phenoxy) is 1. The van der Waals surface area contributed by atoms with Crippen molar-refractivity contribution in [3.05, 3.63) is 45.3 Å². The van der Waals surface area contributed by atoms with E-state index in [4.69, 9.17) is 33.7 Å². The van der Waals surface area contributed by atoms with Crippen LogP contribution in [0.2, 0.25) is 10.0 Å². The van der Waals surface area contributed by atoms with Crippen LogP contribution >= 0.6 is 34.5 Å². The predicted molar refractivity (Wildman–Crippen MR) is 109 cm³/mol. The lowest BCUT2D eigenvalue weighted by Crippen LogP contribution is -2.40. The van der Waals surface area contributed by atoms with Gasteiger partial charge in [-0.2, -0.15) is 4.72 Å². The van der Waals surface area contributed by atoms with Gasteiger partial charge in [0.1, 0.15) is 11.0 Å². The standard InChI is InChI=1S/C16H15Cl2N3O6S2/c1-8(21-29(25,26)9-2-3-11(17)12(18)6-9)16(24)27-7-13(22)20-15-10(14(19)23)4-5-28-15/h2-6,8,21H,7H2,1H3,(H2,19,23)(H,20,22). The van der Waals surface area contributed by atoms with Gasteiger partial charge < -0.3 is 15.8 Å². The summed E-state index contributed by atoms with van der Waals surface area (Å²) in [6, 6.07) is 3.81. The predicted octanol–water partition coefficient (Wildman–Crippen LogP) is 2.00. The van der Waals surface area contributed by atoms with E-state index >= 15 is 0 Å². The Morgan fingerprint density at radius 3 is 2.52 bits per heavy atom. The summed E-state index contributed by atoms with van der Waals surface area (Å²) in [5.74, 6) is -2.42. The van der Waals surface area contributed by atoms with Crippen LogP contribution in [0.5, 0.6) is 0 Å². The summed E-state index contributed by atoms with van der Waals surface area (Å²) in [6.45, 7) is 0.563. The number of halogens is 2. The van der Waals surface area contributed by atoms with Crippen LogP contribution in [0.3, 0.4) is 0 Å². The second-order valence-electron chi connectivity index (χ2n) is 5.60. The van der Waals surface area contributed by atoms with E-state index in [1.54, 1.807) is 5.38 Å². The maximum absolute atomic E-state index is 12.3. The molecule has 2 amide bonds. The van der Waals surface area contributed by atoms with Crippen molar-refractivity contribution in [3.63, 3.8) is 0 Å². The van der Waals surface area contributed by atoms with Crippen molar-refractivity contribution in [2.45, 2.75) is 17.9 Å². The Bertz CT molecular complexity index is 1050. The number of nitrogens with two attached hydrogens (primary N) is 1. The van der Waals surface area contributed by atoms with Gasteiger partial charge in [-0.15, -0.1) is 11.3 Å². The van der Waals surface area contributed by atoms with E-state index in [1.807, 2.05) is 0 Å². The van der Waals surface area contributed by atoms with Crippen molar-refractivity contribution in [2.75, 3.05) is 11.9 Å². The molecule has 156 valence electrons. The lowest BCUT2D eigenvalue weighted by molar-refractivity contribution is -0.148.